The van der Waals surface area contributed by atoms with Crippen molar-refractivity contribution in [1.82, 2.24) is 0 Å². The van der Waals surface area contributed by atoms with Gasteiger partial charge < -0.3 is 0 Å². The average Bonchev–Trinajstić information content (AvgIpc) is 3.07. The first-order valence-corrected chi connectivity index (χ1v) is 18.1. The van der Waals surface area contributed by atoms with Crippen molar-refractivity contribution in [1.29, 1.82) is 0 Å². The van der Waals surface area contributed by atoms with Crippen LogP contribution in [0.3, 0.4) is 0 Å². The predicted octanol–water partition coefficient (Wildman–Crippen LogP) is 11.6. The summed E-state index contributed by atoms with van der Waals surface area (Å²) in [6, 6.07) is 10.8. The number of halogens is 12. The van der Waals surface area contributed by atoms with Crippen LogP contribution in [0.4, 0.5) is 52.7 Å². The molecule has 0 heterocycles. The number of alkyl halides is 12. The number of hydrogen-bond acceptors (Lipinski definition) is 4. The van der Waals surface area contributed by atoms with E-state index < -0.39 is 121 Å². The Morgan fingerprint density at radius 2 is 0.661 bits per heavy atom. The first kappa shape index (κ1) is 40.5. The van der Waals surface area contributed by atoms with E-state index in [9.17, 15) is 78.6 Å². The van der Waals surface area contributed by atoms with Crippen molar-refractivity contribution in [2.24, 2.45) is 0 Å². The zero-order valence-corrected chi connectivity index (χ0v) is 28.8. The van der Waals surface area contributed by atoms with Crippen molar-refractivity contribution in [2.45, 2.75) is 34.5 Å². The maximum absolute atomic E-state index is 14.0. The molecule has 2 N–H and O–H groups in total. The lowest BCUT2D eigenvalue weighted by Gasteiger charge is -2.23. The molecule has 20 heteroatoms. The van der Waals surface area contributed by atoms with Crippen LogP contribution >= 0.6 is 0 Å². The van der Waals surface area contributed by atoms with Gasteiger partial charge in [-0.2, -0.15) is 69.5 Å². The quantitative estimate of drug-likeness (QED) is 0.132. The SMILES string of the molecule is O=S(=O)(O)c1c(-c2cc(C(F)(F)F)cc(C(F)(F)F)c2)cc2ccccc2c1-c1c(S(=O)(=O)O)c(-c2cc(C(F)(F)F)cc(C(F)(F)F)c2)cc2ccccc12. The maximum atomic E-state index is 14.0. The van der Waals surface area contributed by atoms with E-state index >= 15 is 0 Å². The molecule has 0 aliphatic carbocycles. The lowest BCUT2D eigenvalue weighted by atomic mass is 9.87. The van der Waals surface area contributed by atoms with Crippen molar-refractivity contribution in [3.05, 3.63) is 119 Å². The molecule has 6 aromatic rings. The Hall–Kier alpha value is -5.18. The minimum absolute atomic E-state index is 0.108. The largest absolute Gasteiger partial charge is 0.416 e. The summed E-state index contributed by atoms with van der Waals surface area (Å²) in [4.78, 5) is -3.06. The van der Waals surface area contributed by atoms with Gasteiger partial charge in [0.25, 0.3) is 20.2 Å². The van der Waals surface area contributed by atoms with E-state index in [1.54, 1.807) is 0 Å². The number of rotatable bonds is 5. The summed E-state index contributed by atoms with van der Waals surface area (Å²) in [5.74, 6) is 0. The molecule has 0 fully saturated rings. The molecule has 0 radical (unpaired) electrons. The standard InChI is InChI=1S/C36H18F12O6S2/c37-33(38,39)21-9-19(10-22(15-21)34(40,41)42)27-13-17-5-1-3-7-25(17)29(31(27)55(49,50)51)30-26-8-4-2-6-18(26)14-28(32(30)56(52,53)54)20-11-23(35(43,44)45)16-24(12-20)36(46,47)48/h1-16H,(H,49,50,51)(H,52,53,54). The van der Waals surface area contributed by atoms with Crippen LogP contribution in [0.15, 0.2) is 107 Å². The summed E-state index contributed by atoms with van der Waals surface area (Å²) in [6.07, 6.45) is -21.9. The van der Waals surface area contributed by atoms with Gasteiger partial charge in [-0.15, -0.1) is 0 Å². The zero-order chi connectivity index (χ0) is 41.6. The Morgan fingerprint density at radius 3 is 0.911 bits per heavy atom. The average molecular weight is 839 g/mol. The van der Waals surface area contributed by atoms with Gasteiger partial charge in [0.05, 0.1) is 22.3 Å². The summed E-state index contributed by atoms with van der Waals surface area (Å²) < 4.78 is 243. The second-order valence-electron chi connectivity index (χ2n) is 12.2. The normalized spacial score (nSPS) is 13.5. The molecule has 0 saturated carbocycles. The molecule has 6 aromatic carbocycles. The van der Waals surface area contributed by atoms with Crippen LogP contribution in [-0.4, -0.2) is 25.9 Å². The second-order valence-corrected chi connectivity index (χ2v) is 15.0. The van der Waals surface area contributed by atoms with E-state index in [1.165, 1.54) is 24.3 Å². The molecule has 0 saturated heterocycles. The smallest absolute Gasteiger partial charge is 0.282 e. The maximum Gasteiger partial charge on any atom is 0.416 e. The van der Waals surface area contributed by atoms with Gasteiger partial charge in [-0.25, -0.2) is 0 Å². The number of fused-ring (bicyclic) bond motifs is 2. The Kier molecular flexibility index (Phi) is 9.55. The third kappa shape index (κ3) is 7.65. The number of benzene rings is 6. The molecule has 6 nitrogen and oxygen atoms in total. The summed E-state index contributed by atoms with van der Waals surface area (Å²) in [6.45, 7) is 0. The molecule has 294 valence electrons. The van der Waals surface area contributed by atoms with Gasteiger partial charge in [-0.05, 0) is 81.2 Å². The highest BCUT2D eigenvalue weighted by molar-refractivity contribution is 7.86. The number of hydrogen-bond donors (Lipinski definition) is 2. The second kappa shape index (κ2) is 13.2. The van der Waals surface area contributed by atoms with E-state index in [-0.39, 0.29) is 47.2 Å². The van der Waals surface area contributed by atoms with Crippen LogP contribution in [0.5, 0.6) is 0 Å². The Bertz CT molecular complexity index is 2550. The van der Waals surface area contributed by atoms with Gasteiger partial charge >= 0.3 is 24.7 Å². The molecule has 0 unspecified atom stereocenters. The third-order valence-corrected chi connectivity index (χ3v) is 10.4. The van der Waals surface area contributed by atoms with Crippen molar-refractivity contribution in [3.8, 4) is 33.4 Å². The van der Waals surface area contributed by atoms with Gasteiger partial charge in [0.1, 0.15) is 9.79 Å². The molecule has 0 bridgehead atoms. The molecular weight excluding hydrogens is 820 g/mol. The minimum atomic E-state index is -5.95. The highest BCUT2D eigenvalue weighted by Crippen LogP contribution is 2.51. The summed E-state index contributed by atoms with van der Waals surface area (Å²) in [5.41, 5.74) is -14.2. The summed E-state index contributed by atoms with van der Waals surface area (Å²) in [7, 11) is -11.9. The summed E-state index contributed by atoms with van der Waals surface area (Å²) in [5, 5.41) is -1.27. The Balaban J connectivity index is 1.92. The molecule has 6 rings (SSSR count). The van der Waals surface area contributed by atoms with Crippen LogP contribution in [0.1, 0.15) is 22.3 Å². The van der Waals surface area contributed by atoms with Crippen molar-refractivity contribution in [3.63, 3.8) is 0 Å². The topological polar surface area (TPSA) is 109 Å². The Morgan fingerprint density at radius 1 is 0.393 bits per heavy atom. The van der Waals surface area contributed by atoms with E-state index in [4.69, 9.17) is 0 Å². The third-order valence-electron chi connectivity index (χ3n) is 8.57. The van der Waals surface area contributed by atoms with Crippen LogP contribution in [0, 0.1) is 0 Å². The first-order valence-electron chi connectivity index (χ1n) is 15.2. The fourth-order valence-corrected chi connectivity index (χ4v) is 8.19. The fraction of sp³-hybridized carbons (Fsp3) is 0.111. The van der Waals surface area contributed by atoms with Gasteiger partial charge in [-0.3, -0.25) is 9.11 Å². The van der Waals surface area contributed by atoms with Crippen molar-refractivity contribution in [2.75, 3.05) is 0 Å². The Labute approximate surface area is 307 Å². The van der Waals surface area contributed by atoms with Crippen molar-refractivity contribution >= 4 is 41.8 Å². The highest BCUT2D eigenvalue weighted by atomic mass is 32.2. The molecule has 0 aromatic heterocycles. The zero-order valence-electron chi connectivity index (χ0n) is 27.1. The fourth-order valence-electron chi connectivity index (χ4n) is 6.34. The predicted molar refractivity (Wildman–Crippen MR) is 177 cm³/mol. The van der Waals surface area contributed by atoms with Crippen LogP contribution in [-0.2, 0) is 44.9 Å². The van der Waals surface area contributed by atoms with Gasteiger partial charge in [0, 0.05) is 22.3 Å². The molecule has 0 atom stereocenters. The summed E-state index contributed by atoms with van der Waals surface area (Å²) >= 11 is 0. The highest BCUT2D eigenvalue weighted by Gasteiger charge is 2.40. The molecule has 0 aliphatic rings. The molecular formula is C36H18F12O6S2. The van der Waals surface area contributed by atoms with E-state index in [2.05, 4.69) is 0 Å². The van der Waals surface area contributed by atoms with E-state index in [0.717, 1.165) is 36.4 Å². The van der Waals surface area contributed by atoms with Crippen LogP contribution in [0.25, 0.3) is 54.9 Å². The lowest BCUT2D eigenvalue weighted by Crippen LogP contribution is -2.13. The lowest BCUT2D eigenvalue weighted by molar-refractivity contribution is -0.144. The molecule has 0 spiro atoms. The van der Waals surface area contributed by atoms with Gasteiger partial charge in [0.2, 0.25) is 0 Å². The first-order chi connectivity index (χ1) is 25.6. The van der Waals surface area contributed by atoms with Crippen LogP contribution in [0.2, 0.25) is 0 Å². The monoisotopic (exact) mass is 838 g/mol. The van der Waals surface area contributed by atoms with E-state index in [0.29, 0.717) is 0 Å². The minimum Gasteiger partial charge on any atom is -0.282 e. The van der Waals surface area contributed by atoms with Crippen molar-refractivity contribution < 1.29 is 78.6 Å². The van der Waals surface area contributed by atoms with E-state index in [1.807, 2.05) is 0 Å². The molecule has 0 amide bonds. The molecule has 56 heavy (non-hydrogen) atoms. The van der Waals surface area contributed by atoms with Gasteiger partial charge in [-0.1, -0.05) is 48.5 Å². The molecule has 0 aliphatic heterocycles. The van der Waals surface area contributed by atoms with Crippen LogP contribution < -0.4 is 0 Å². The van der Waals surface area contributed by atoms with Gasteiger partial charge in [0.15, 0.2) is 0 Å².